The molecule has 5 heteroatoms. The molecule has 0 aliphatic rings. The molecule has 0 bridgehead atoms. The quantitative estimate of drug-likeness (QED) is 0.746. The number of carbonyl (C=O) groups excluding carboxylic acids is 1. The number of imidazole rings is 1. The predicted octanol–water partition coefficient (Wildman–Crippen LogP) is 1.45. The fraction of sp³-hybridized carbons (Fsp3) is 0.0909. The Kier molecular flexibility index (Phi) is 2.59. The van der Waals surface area contributed by atoms with Crippen molar-refractivity contribution in [1.82, 2.24) is 9.97 Å². The number of nitrogens with one attached hydrogen (secondary N) is 1. The van der Waals surface area contributed by atoms with Crippen LogP contribution in [0.15, 0.2) is 30.5 Å². The molecule has 1 aromatic heterocycles. The number of aromatic amines is 1. The fourth-order valence-corrected chi connectivity index (χ4v) is 1.48. The maximum Gasteiger partial charge on any atom is 0.338 e. The van der Waals surface area contributed by atoms with E-state index in [0.29, 0.717) is 17.2 Å². The molecule has 16 heavy (non-hydrogen) atoms. The van der Waals surface area contributed by atoms with Gasteiger partial charge in [-0.3, -0.25) is 0 Å². The van der Waals surface area contributed by atoms with Gasteiger partial charge in [-0.25, -0.2) is 9.78 Å². The number of H-pyrrole nitrogens is 1. The van der Waals surface area contributed by atoms with E-state index >= 15 is 0 Å². The van der Waals surface area contributed by atoms with Crippen LogP contribution in [-0.2, 0) is 4.74 Å². The molecule has 0 fully saturated rings. The van der Waals surface area contributed by atoms with Gasteiger partial charge in [0.25, 0.3) is 0 Å². The summed E-state index contributed by atoms with van der Waals surface area (Å²) in [6.45, 7) is 0. The highest BCUT2D eigenvalue weighted by Crippen LogP contribution is 2.22. The first kappa shape index (κ1) is 10.2. The normalized spacial score (nSPS) is 10.1. The van der Waals surface area contributed by atoms with Crippen molar-refractivity contribution in [3.8, 4) is 11.3 Å². The Hall–Kier alpha value is -2.30. The van der Waals surface area contributed by atoms with Crippen LogP contribution in [0, 0.1) is 0 Å². The largest absolute Gasteiger partial charge is 0.465 e. The molecule has 82 valence electrons. The zero-order valence-electron chi connectivity index (χ0n) is 8.73. The number of nitrogens with two attached hydrogens (primary N) is 1. The van der Waals surface area contributed by atoms with Crippen LogP contribution in [0.4, 0.5) is 5.95 Å². The number of hydrogen-bond donors (Lipinski definition) is 2. The predicted molar refractivity (Wildman–Crippen MR) is 59.8 cm³/mol. The SMILES string of the molecule is COC(=O)c1ccccc1-c1cnc(N)[nH]1. The van der Waals surface area contributed by atoms with Crippen molar-refractivity contribution >= 4 is 11.9 Å². The average Bonchev–Trinajstić information content (AvgIpc) is 2.75. The molecule has 0 saturated heterocycles. The van der Waals surface area contributed by atoms with Crippen LogP contribution in [0.5, 0.6) is 0 Å². The highest BCUT2D eigenvalue weighted by atomic mass is 16.5. The van der Waals surface area contributed by atoms with Gasteiger partial charge >= 0.3 is 5.97 Å². The van der Waals surface area contributed by atoms with Gasteiger partial charge in [-0.05, 0) is 6.07 Å². The van der Waals surface area contributed by atoms with Crippen LogP contribution >= 0.6 is 0 Å². The average molecular weight is 217 g/mol. The number of rotatable bonds is 2. The van der Waals surface area contributed by atoms with Gasteiger partial charge in [-0.2, -0.15) is 0 Å². The van der Waals surface area contributed by atoms with Gasteiger partial charge < -0.3 is 15.5 Å². The number of esters is 1. The van der Waals surface area contributed by atoms with E-state index in [4.69, 9.17) is 10.5 Å². The Bertz CT molecular complexity index is 519. The third-order valence-electron chi connectivity index (χ3n) is 2.22. The Morgan fingerprint density at radius 3 is 2.81 bits per heavy atom. The summed E-state index contributed by atoms with van der Waals surface area (Å²) in [6.07, 6.45) is 1.58. The van der Waals surface area contributed by atoms with Crippen molar-refractivity contribution in [3.05, 3.63) is 36.0 Å². The van der Waals surface area contributed by atoms with E-state index in [1.165, 1.54) is 7.11 Å². The number of benzene rings is 1. The number of nitrogens with zero attached hydrogens (tertiary/aromatic N) is 1. The van der Waals surface area contributed by atoms with Crippen molar-refractivity contribution in [2.45, 2.75) is 0 Å². The minimum Gasteiger partial charge on any atom is -0.465 e. The highest BCUT2D eigenvalue weighted by molar-refractivity contribution is 5.96. The van der Waals surface area contributed by atoms with Gasteiger partial charge in [0.05, 0.1) is 24.6 Å². The molecule has 2 aromatic rings. The van der Waals surface area contributed by atoms with Crippen molar-refractivity contribution < 1.29 is 9.53 Å². The van der Waals surface area contributed by atoms with Gasteiger partial charge in [-0.1, -0.05) is 18.2 Å². The second-order valence-corrected chi connectivity index (χ2v) is 3.22. The van der Waals surface area contributed by atoms with Gasteiger partial charge in [0.1, 0.15) is 0 Å². The zero-order valence-corrected chi connectivity index (χ0v) is 8.73. The Balaban J connectivity index is 2.52. The molecule has 0 radical (unpaired) electrons. The molecule has 2 rings (SSSR count). The second-order valence-electron chi connectivity index (χ2n) is 3.22. The summed E-state index contributed by atoms with van der Waals surface area (Å²) in [5.41, 5.74) is 7.39. The van der Waals surface area contributed by atoms with Crippen molar-refractivity contribution in [2.24, 2.45) is 0 Å². The molecule has 0 amide bonds. The number of carbonyl (C=O) groups is 1. The van der Waals surface area contributed by atoms with Gasteiger partial charge in [0.15, 0.2) is 5.95 Å². The lowest BCUT2D eigenvalue weighted by molar-refractivity contribution is 0.0601. The third-order valence-corrected chi connectivity index (χ3v) is 2.22. The Morgan fingerprint density at radius 2 is 2.19 bits per heavy atom. The minimum absolute atomic E-state index is 0.315. The molecule has 5 nitrogen and oxygen atoms in total. The van der Waals surface area contributed by atoms with Crippen molar-refractivity contribution in [2.75, 3.05) is 12.8 Å². The van der Waals surface area contributed by atoms with Gasteiger partial charge in [0, 0.05) is 5.56 Å². The molecular formula is C11H11N3O2. The summed E-state index contributed by atoms with van der Waals surface area (Å²) in [6, 6.07) is 7.10. The first-order valence-corrected chi connectivity index (χ1v) is 4.70. The van der Waals surface area contributed by atoms with Crippen LogP contribution in [-0.4, -0.2) is 23.0 Å². The van der Waals surface area contributed by atoms with E-state index in [9.17, 15) is 4.79 Å². The zero-order chi connectivity index (χ0) is 11.5. The van der Waals surface area contributed by atoms with E-state index in [1.807, 2.05) is 6.07 Å². The van der Waals surface area contributed by atoms with Gasteiger partial charge in [-0.15, -0.1) is 0 Å². The molecule has 0 saturated carbocycles. The maximum absolute atomic E-state index is 11.5. The van der Waals surface area contributed by atoms with Crippen molar-refractivity contribution in [3.63, 3.8) is 0 Å². The van der Waals surface area contributed by atoms with E-state index in [0.717, 1.165) is 5.56 Å². The molecule has 0 unspecified atom stereocenters. The van der Waals surface area contributed by atoms with Gasteiger partial charge in [0.2, 0.25) is 0 Å². The van der Waals surface area contributed by atoms with E-state index in [1.54, 1.807) is 24.4 Å². The van der Waals surface area contributed by atoms with Crippen LogP contribution in [0.25, 0.3) is 11.3 Å². The summed E-state index contributed by atoms with van der Waals surface area (Å²) in [5.74, 6) is -0.0709. The van der Waals surface area contributed by atoms with Crippen molar-refractivity contribution in [1.29, 1.82) is 0 Å². The standard InChI is InChI=1S/C11H11N3O2/c1-16-10(15)8-5-3-2-4-7(8)9-6-13-11(12)14-9/h2-6H,1H3,(H3,12,13,14). The lowest BCUT2D eigenvalue weighted by atomic mass is 10.1. The molecule has 0 atom stereocenters. The number of ether oxygens (including phenoxy) is 1. The summed E-state index contributed by atoms with van der Waals surface area (Å²) < 4.78 is 4.70. The molecule has 0 aliphatic carbocycles. The molecule has 0 spiro atoms. The molecule has 3 N–H and O–H groups in total. The molecule has 1 heterocycles. The summed E-state index contributed by atoms with van der Waals surface area (Å²) >= 11 is 0. The molecule has 0 aliphatic heterocycles. The lowest BCUT2D eigenvalue weighted by Crippen LogP contribution is -2.03. The second kappa shape index (κ2) is 4.06. The van der Waals surface area contributed by atoms with Crippen LogP contribution in [0.1, 0.15) is 10.4 Å². The lowest BCUT2D eigenvalue weighted by Gasteiger charge is -2.04. The number of aromatic nitrogens is 2. The first-order chi connectivity index (χ1) is 7.72. The highest BCUT2D eigenvalue weighted by Gasteiger charge is 2.13. The first-order valence-electron chi connectivity index (χ1n) is 4.70. The monoisotopic (exact) mass is 217 g/mol. The Morgan fingerprint density at radius 1 is 1.44 bits per heavy atom. The maximum atomic E-state index is 11.5. The number of anilines is 1. The topological polar surface area (TPSA) is 81.0 Å². The third kappa shape index (κ3) is 1.75. The summed E-state index contributed by atoms with van der Waals surface area (Å²) in [7, 11) is 1.35. The smallest absolute Gasteiger partial charge is 0.338 e. The van der Waals surface area contributed by atoms with Crippen LogP contribution in [0.2, 0.25) is 0 Å². The summed E-state index contributed by atoms with van der Waals surface area (Å²) in [5, 5.41) is 0. The number of methoxy groups -OCH3 is 1. The van der Waals surface area contributed by atoms with Crippen LogP contribution < -0.4 is 5.73 Å². The fourth-order valence-electron chi connectivity index (χ4n) is 1.48. The Labute approximate surface area is 92.3 Å². The minimum atomic E-state index is -0.385. The number of nitrogen functional groups attached to an aromatic ring is 1. The number of hydrogen-bond acceptors (Lipinski definition) is 4. The van der Waals surface area contributed by atoms with Crippen LogP contribution in [0.3, 0.4) is 0 Å². The van der Waals surface area contributed by atoms with E-state index in [-0.39, 0.29) is 5.97 Å². The summed E-state index contributed by atoms with van der Waals surface area (Å²) in [4.78, 5) is 18.3. The van der Waals surface area contributed by atoms with E-state index < -0.39 is 0 Å². The molecule has 1 aromatic carbocycles. The van der Waals surface area contributed by atoms with E-state index in [2.05, 4.69) is 9.97 Å². The molecular weight excluding hydrogens is 206 g/mol.